The summed E-state index contributed by atoms with van der Waals surface area (Å²) in [4.78, 5) is 0. The van der Waals surface area contributed by atoms with Crippen LogP contribution in [0.3, 0.4) is 0 Å². The number of hydrogen-bond donors (Lipinski definition) is 1. The van der Waals surface area contributed by atoms with Crippen molar-refractivity contribution in [2.75, 3.05) is 0 Å². The normalized spacial score (nSPS) is 18.9. The molecule has 10 heavy (non-hydrogen) atoms. The lowest BCUT2D eigenvalue weighted by Gasteiger charge is -2.17. The Morgan fingerprint density at radius 3 is 2.70 bits per heavy atom. The summed E-state index contributed by atoms with van der Waals surface area (Å²) in [7, 11) is 0. The van der Waals surface area contributed by atoms with Gasteiger partial charge in [-0.15, -0.1) is 0 Å². The summed E-state index contributed by atoms with van der Waals surface area (Å²) in [5, 5.41) is 3.44. The van der Waals surface area contributed by atoms with E-state index in [1.54, 1.807) is 0 Å². The molecule has 0 aromatic heterocycles. The van der Waals surface area contributed by atoms with Crippen molar-refractivity contribution in [1.82, 2.24) is 5.32 Å². The van der Waals surface area contributed by atoms with Crippen LogP contribution in [0.4, 0.5) is 0 Å². The molecule has 0 saturated heterocycles. The zero-order valence-corrected chi connectivity index (χ0v) is 6.98. The lowest BCUT2D eigenvalue weighted by atomic mass is 10.0. The van der Waals surface area contributed by atoms with Gasteiger partial charge in [-0.05, 0) is 39.5 Å². The van der Waals surface area contributed by atoms with E-state index in [1.807, 2.05) is 0 Å². The van der Waals surface area contributed by atoms with Crippen molar-refractivity contribution in [1.29, 1.82) is 0 Å². The highest BCUT2D eigenvalue weighted by atomic mass is 14.9. The Hall–Kier alpha value is -0.460. The third-order valence-corrected chi connectivity index (χ3v) is 1.77. The summed E-state index contributed by atoms with van der Waals surface area (Å²) in [5.41, 5.74) is 1.46. The molecule has 1 N–H and O–H groups in total. The van der Waals surface area contributed by atoms with Crippen LogP contribution >= 0.6 is 0 Å². The Balaban J connectivity index is 2.31. The van der Waals surface area contributed by atoms with Gasteiger partial charge in [-0.2, -0.15) is 0 Å². The molecular formula is C9H17N. The van der Waals surface area contributed by atoms with Gasteiger partial charge < -0.3 is 5.32 Å². The van der Waals surface area contributed by atoms with Crippen LogP contribution in [0.5, 0.6) is 0 Å². The van der Waals surface area contributed by atoms with E-state index in [-0.39, 0.29) is 0 Å². The molecule has 0 unspecified atom stereocenters. The Morgan fingerprint density at radius 2 is 2.20 bits per heavy atom. The lowest BCUT2D eigenvalue weighted by molar-refractivity contribution is 0.591. The predicted octanol–water partition coefficient (Wildman–Crippen LogP) is 2.44. The molecule has 0 fully saturated rings. The van der Waals surface area contributed by atoms with Crippen molar-refractivity contribution >= 4 is 0 Å². The summed E-state index contributed by atoms with van der Waals surface area (Å²) >= 11 is 0. The second-order valence-corrected chi connectivity index (χ2v) is 3.27. The molecule has 0 aromatic rings. The van der Waals surface area contributed by atoms with Crippen molar-refractivity contribution < 1.29 is 0 Å². The fourth-order valence-electron chi connectivity index (χ4n) is 1.34. The average molecular weight is 139 g/mol. The SMILES string of the molecule is CC(C)NC1=CCCCC1. The maximum absolute atomic E-state index is 3.44. The van der Waals surface area contributed by atoms with Gasteiger partial charge in [0.1, 0.15) is 0 Å². The standard InChI is InChI=1S/C9H17N/c1-8(2)10-9-6-4-3-5-7-9/h6,8,10H,3-5,7H2,1-2H3. The predicted molar refractivity (Wildman–Crippen MR) is 44.8 cm³/mol. The smallest absolute Gasteiger partial charge is 0.0201 e. The van der Waals surface area contributed by atoms with E-state index in [1.165, 1.54) is 31.4 Å². The maximum atomic E-state index is 3.44. The van der Waals surface area contributed by atoms with E-state index in [4.69, 9.17) is 0 Å². The van der Waals surface area contributed by atoms with Gasteiger partial charge in [0, 0.05) is 11.7 Å². The van der Waals surface area contributed by atoms with Crippen molar-refractivity contribution in [3.63, 3.8) is 0 Å². The Kier molecular flexibility index (Phi) is 2.79. The number of nitrogens with one attached hydrogen (secondary N) is 1. The van der Waals surface area contributed by atoms with Crippen LogP contribution in [0.25, 0.3) is 0 Å². The Bertz CT molecular complexity index is 125. The van der Waals surface area contributed by atoms with Gasteiger partial charge in [-0.3, -0.25) is 0 Å². The minimum atomic E-state index is 0.601. The molecular weight excluding hydrogens is 122 g/mol. The fourth-order valence-corrected chi connectivity index (χ4v) is 1.34. The second kappa shape index (κ2) is 3.65. The van der Waals surface area contributed by atoms with Crippen molar-refractivity contribution in [3.05, 3.63) is 11.8 Å². The van der Waals surface area contributed by atoms with Crippen molar-refractivity contribution in [2.45, 2.75) is 45.6 Å². The van der Waals surface area contributed by atoms with E-state index >= 15 is 0 Å². The van der Waals surface area contributed by atoms with Gasteiger partial charge in [0.15, 0.2) is 0 Å². The van der Waals surface area contributed by atoms with Gasteiger partial charge in [0.05, 0.1) is 0 Å². The molecule has 1 aliphatic rings. The minimum absolute atomic E-state index is 0.601. The molecule has 0 aliphatic heterocycles. The lowest BCUT2D eigenvalue weighted by Crippen LogP contribution is -2.22. The van der Waals surface area contributed by atoms with Gasteiger partial charge in [0.25, 0.3) is 0 Å². The average Bonchev–Trinajstić information content (AvgIpc) is 1.88. The van der Waals surface area contributed by atoms with Crippen LogP contribution in [0.1, 0.15) is 39.5 Å². The van der Waals surface area contributed by atoms with E-state index in [9.17, 15) is 0 Å². The summed E-state index contributed by atoms with van der Waals surface area (Å²) in [6.07, 6.45) is 7.62. The molecule has 1 aliphatic carbocycles. The van der Waals surface area contributed by atoms with Crippen molar-refractivity contribution in [2.24, 2.45) is 0 Å². The highest BCUT2D eigenvalue weighted by molar-refractivity contribution is 5.03. The highest BCUT2D eigenvalue weighted by Gasteiger charge is 2.02. The first-order valence-corrected chi connectivity index (χ1v) is 4.24. The quantitative estimate of drug-likeness (QED) is 0.619. The third-order valence-electron chi connectivity index (χ3n) is 1.77. The molecule has 1 heteroatoms. The van der Waals surface area contributed by atoms with Crippen LogP contribution in [-0.4, -0.2) is 6.04 Å². The highest BCUT2D eigenvalue weighted by Crippen LogP contribution is 2.14. The number of allylic oxidation sites excluding steroid dienone is 2. The molecule has 1 nitrogen and oxygen atoms in total. The molecule has 0 heterocycles. The largest absolute Gasteiger partial charge is 0.386 e. The topological polar surface area (TPSA) is 12.0 Å². The van der Waals surface area contributed by atoms with Crippen molar-refractivity contribution in [3.8, 4) is 0 Å². The molecule has 0 spiro atoms. The maximum Gasteiger partial charge on any atom is 0.0201 e. The summed E-state index contributed by atoms with van der Waals surface area (Å²) in [6.45, 7) is 4.38. The summed E-state index contributed by atoms with van der Waals surface area (Å²) in [6, 6.07) is 0.601. The molecule has 1 rings (SSSR count). The summed E-state index contributed by atoms with van der Waals surface area (Å²) in [5.74, 6) is 0. The first-order valence-electron chi connectivity index (χ1n) is 4.24. The molecule has 0 saturated carbocycles. The minimum Gasteiger partial charge on any atom is -0.386 e. The number of hydrogen-bond acceptors (Lipinski definition) is 1. The third kappa shape index (κ3) is 2.42. The molecule has 58 valence electrons. The van der Waals surface area contributed by atoms with E-state index in [2.05, 4.69) is 25.2 Å². The van der Waals surface area contributed by atoms with Crippen LogP contribution in [-0.2, 0) is 0 Å². The van der Waals surface area contributed by atoms with Crippen LogP contribution in [0.15, 0.2) is 11.8 Å². The Morgan fingerprint density at radius 1 is 1.40 bits per heavy atom. The zero-order chi connectivity index (χ0) is 7.40. The zero-order valence-electron chi connectivity index (χ0n) is 6.98. The molecule has 0 atom stereocenters. The second-order valence-electron chi connectivity index (χ2n) is 3.27. The number of rotatable bonds is 2. The van der Waals surface area contributed by atoms with E-state index in [0.29, 0.717) is 6.04 Å². The fraction of sp³-hybridized carbons (Fsp3) is 0.778. The first kappa shape index (κ1) is 7.64. The van der Waals surface area contributed by atoms with E-state index < -0.39 is 0 Å². The Labute approximate surface area is 63.5 Å². The van der Waals surface area contributed by atoms with Gasteiger partial charge in [0.2, 0.25) is 0 Å². The van der Waals surface area contributed by atoms with Crippen LogP contribution in [0, 0.1) is 0 Å². The molecule has 0 amide bonds. The monoisotopic (exact) mass is 139 g/mol. The molecule has 0 aromatic carbocycles. The van der Waals surface area contributed by atoms with Crippen LogP contribution in [0.2, 0.25) is 0 Å². The van der Waals surface area contributed by atoms with Gasteiger partial charge >= 0.3 is 0 Å². The van der Waals surface area contributed by atoms with Crippen LogP contribution < -0.4 is 5.32 Å². The van der Waals surface area contributed by atoms with Gasteiger partial charge in [-0.1, -0.05) is 6.08 Å². The summed E-state index contributed by atoms with van der Waals surface area (Å²) < 4.78 is 0. The molecule has 0 bridgehead atoms. The first-order chi connectivity index (χ1) is 4.79. The van der Waals surface area contributed by atoms with Gasteiger partial charge in [-0.25, -0.2) is 0 Å². The van der Waals surface area contributed by atoms with E-state index in [0.717, 1.165) is 0 Å². The molecule has 0 radical (unpaired) electrons.